The molecule has 0 saturated heterocycles. The SMILES string of the molecule is O=C(O)CN(CCNC(=O)c1cc2c(cc1F)B(O)OC2)C(=O)c1cc2c(cc1F)B(O)OC2. The normalized spacial score (nSPS) is 14.1. The van der Waals surface area contributed by atoms with E-state index in [-0.39, 0.29) is 42.8 Å². The highest BCUT2D eigenvalue weighted by atomic mass is 19.1. The Labute approximate surface area is 192 Å². The maximum Gasteiger partial charge on any atom is 0.491 e. The van der Waals surface area contributed by atoms with E-state index in [0.717, 1.165) is 17.0 Å². The van der Waals surface area contributed by atoms with Crippen molar-refractivity contribution in [3.63, 3.8) is 0 Å². The van der Waals surface area contributed by atoms with Crippen LogP contribution in [0, 0.1) is 11.6 Å². The van der Waals surface area contributed by atoms with Crippen molar-refractivity contribution < 1.29 is 47.6 Å². The molecule has 10 nitrogen and oxygen atoms in total. The lowest BCUT2D eigenvalue weighted by Gasteiger charge is -2.22. The summed E-state index contributed by atoms with van der Waals surface area (Å²) in [7, 11) is -2.58. The number of halogens is 2. The Morgan fingerprint density at radius 3 is 2.03 bits per heavy atom. The Kier molecular flexibility index (Phi) is 6.66. The molecule has 176 valence electrons. The third kappa shape index (κ3) is 4.66. The summed E-state index contributed by atoms with van der Waals surface area (Å²) in [6.07, 6.45) is 0. The van der Waals surface area contributed by atoms with Gasteiger partial charge in [0.2, 0.25) is 0 Å². The minimum atomic E-state index is -1.36. The molecule has 0 aromatic heterocycles. The van der Waals surface area contributed by atoms with E-state index >= 15 is 0 Å². The number of hydrogen-bond donors (Lipinski definition) is 4. The fourth-order valence-electron chi connectivity index (χ4n) is 3.82. The zero-order valence-electron chi connectivity index (χ0n) is 17.6. The monoisotopic (exact) mass is 474 g/mol. The topological polar surface area (TPSA) is 146 Å². The van der Waals surface area contributed by atoms with Crippen LogP contribution < -0.4 is 16.2 Å². The molecule has 0 radical (unpaired) electrons. The van der Waals surface area contributed by atoms with Crippen LogP contribution in [0.1, 0.15) is 31.8 Å². The number of nitrogens with zero attached hydrogens (tertiary/aromatic N) is 1. The summed E-state index contributed by atoms with van der Waals surface area (Å²) in [4.78, 5) is 37.4. The van der Waals surface area contributed by atoms with Crippen molar-refractivity contribution in [2.24, 2.45) is 0 Å². The molecule has 2 aliphatic rings. The van der Waals surface area contributed by atoms with Gasteiger partial charge in [-0.1, -0.05) is 0 Å². The van der Waals surface area contributed by atoms with Crippen LogP contribution in [0.25, 0.3) is 0 Å². The molecule has 0 aliphatic carbocycles. The number of carboxylic acids is 1. The lowest BCUT2D eigenvalue weighted by Crippen LogP contribution is -2.42. The predicted octanol–water partition coefficient (Wildman–Crippen LogP) is -1.64. The number of carbonyl (C=O) groups is 3. The van der Waals surface area contributed by atoms with E-state index in [1.165, 1.54) is 12.1 Å². The molecule has 0 unspecified atom stereocenters. The van der Waals surface area contributed by atoms with E-state index in [1.807, 2.05) is 0 Å². The van der Waals surface area contributed by atoms with Crippen LogP contribution >= 0.6 is 0 Å². The number of rotatable bonds is 7. The number of amides is 2. The van der Waals surface area contributed by atoms with Crippen molar-refractivity contribution in [3.05, 3.63) is 58.2 Å². The summed E-state index contributed by atoms with van der Waals surface area (Å²) < 4.78 is 38.8. The number of aliphatic carboxylic acids is 1. The maximum atomic E-state index is 14.5. The summed E-state index contributed by atoms with van der Waals surface area (Å²) >= 11 is 0. The number of fused-ring (bicyclic) bond motifs is 2. The van der Waals surface area contributed by atoms with Crippen molar-refractivity contribution in [2.75, 3.05) is 19.6 Å². The van der Waals surface area contributed by atoms with Gasteiger partial charge in [0.25, 0.3) is 11.8 Å². The molecule has 2 aromatic carbocycles. The second kappa shape index (κ2) is 9.50. The molecule has 2 aliphatic heterocycles. The van der Waals surface area contributed by atoms with E-state index in [0.29, 0.717) is 11.1 Å². The summed E-state index contributed by atoms with van der Waals surface area (Å²) in [6, 6.07) is 4.39. The molecule has 4 rings (SSSR count). The first-order valence-electron chi connectivity index (χ1n) is 10.2. The first kappa shape index (κ1) is 23.8. The van der Waals surface area contributed by atoms with Gasteiger partial charge in [-0.2, -0.15) is 0 Å². The first-order chi connectivity index (χ1) is 16.2. The van der Waals surface area contributed by atoms with E-state index in [9.17, 15) is 33.2 Å². The quantitative estimate of drug-likeness (QED) is 0.350. The molecule has 0 saturated carbocycles. The Bertz CT molecular complexity index is 1180. The number of hydrogen-bond acceptors (Lipinski definition) is 7. The minimum absolute atomic E-state index is 0.00631. The van der Waals surface area contributed by atoms with Gasteiger partial charge in [-0.3, -0.25) is 14.4 Å². The summed E-state index contributed by atoms with van der Waals surface area (Å²) in [6.45, 7) is -1.36. The second-order valence-electron chi connectivity index (χ2n) is 7.76. The number of nitrogens with one attached hydrogen (secondary N) is 1. The fourth-order valence-corrected chi connectivity index (χ4v) is 3.82. The van der Waals surface area contributed by atoms with Gasteiger partial charge in [0, 0.05) is 13.1 Å². The first-order valence-corrected chi connectivity index (χ1v) is 10.2. The van der Waals surface area contributed by atoms with E-state index < -0.39 is 55.8 Å². The van der Waals surface area contributed by atoms with Crippen LogP contribution in [0.2, 0.25) is 0 Å². The van der Waals surface area contributed by atoms with Crippen LogP contribution in [0.5, 0.6) is 0 Å². The smallest absolute Gasteiger partial charge is 0.480 e. The molecule has 4 N–H and O–H groups in total. The van der Waals surface area contributed by atoms with Gasteiger partial charge < -0.3 is 34.7 Å². The van der Waals surface area contributed by atoms with Crippen LogP contribution in [-0.4, -0.2) is 71.7 Å². The van der Waals surface area contributed by atoms with Crippen molar-refractivity contribution in [1.82, 2.24) is 10.2 Å². The average Bonchev–Trinajstić information content (AvgIpc) is 3.33. The third-order valence-electron chi connectivity index (χ3n) is 5.54. The molecule has 0 atom stereocenters. The lowest BCUT2D eigenvalue weighted by atomic mass is 9.79. The van der Waals surface area contributed by atoms with Gasteiger partial charge in [0.05, 0.1) is 24.3 Å². The highest BCUT2D eigenvalue weighted by Crippen LogP contribution is 2.18. The Morgan fingerprint density at radius 2 is 1.47 bits per heavy atom. The second-order valence-corrected chi connectivity index (χ2v) is 7.76. The van der Waals surface area contributed by atoms with Crippen LogP contribution in [0.4, 0.5) is 8.78 Å². The van der Waals surface area contributed by atoms with Crippen molar-refractivity contribution >= 4 is 42.9 Å². The van der Waals surface area contributed by atoms with E-state index in [1.54, 1.807) is 0 Å². The predicted molar refractivity (Wildman–Crippen MR) is 113 cm³/mol. The molecular weight excluding hydrogens is 456 g/mol. The van der Waals surface area contributed by atoms with Gasteiger partial charge >= 0.3 is 20.2 Å². The highest BCUT2D eigenvalue weighted by Gasteiger charge is 2.32. The average molecular weight is 474 g/mol. The van der Waals surface area contributed by atoms with Crippen LogP contribution in [0.3, 0.4) is 0 Å². The summed E-state index contributed by atoms with van der Waals surface area (Å²) in [5.74, 6) is -4.96. The Balaban J connectivity index is 1.45. The number of benzene rings is 2. The Morgan fingerprint density at radius 1 is 0.941 bits per heavy atom. The summed E-state index contributed by atoms with van der Waals surface area (Å²) in [5, 5.41) is 30.8. The van der Waals surface area contributed by atoms with Crippen LogP contribution in [0.15, 0.2) is 24.3 Å². The molecule has 2 aromatic rings. The van der Waals surface area contributed by atoms with Gasteiger partial charge in [0.15, 0.2) is 0 Å². The molecule has 0 fully saturated rings. The van der Waals surface area contributed by atoms with Crippen molar-refractivity contribution in [1.29, 1.82) is 0 Å². The molecule has 14 heteroatoms. The zero-order chi connectivity index (χ0) is 24.6. The summed E-state index contributed by atoms with van der Waals surface area (Å²) in [5.41, 5.74) is 0.523. The molecule has 2 heterocycles. The molecule has 0 spiro atoms. The number of carbonyl (C=O) groups excluding carboxylic acids is 2. The maximum absolute atomic E-state index is 14.5. The Hall–Kier alpha value is -3.32. The van der Waals surface area contributed by atoms with Gasteiger partial charge in [0.1, 0.15) is 18.2 Å². The largest absolute Gasteiger partial charge is 0.491 e. The van der Waals surface area contributed by atoms with Gasteiger partial charge in [-0.25, -0.2) is 8.78 Å². The van der Waals surface area contributed by atoms with Crippen molar-refractivity contribution in [2.45, 2.75) is 13.2 Å². The van der Waals surface area contributed by atoms with E-state index in [4.69, 9.17) is 14.4 Å². The van der Waals surface area contributed by atoms with Crippen molar-refractivity contribution in [3.8, 4) is 0 Å². The molecule has 2 amide bonds. The van der Waals surface area contributed by atoms with Gasteiger partial charge in [-0.15, -0.1) is 0 Å². The lowest BCUT2D eigenvalue weighted by molar-refractivity contribution is -0.137. The molecule has 34 heavy (non-hydrogen) atoms. The van der Waals surface area contributed by atoms with Crippen LogP contribution in [-0.2, 0) is 27.3 Å². The number of carboxylic acid groups (broad SMARTS) is 1. The fraction of sp³-hybridized carbons (Fsp3) is 0.250. The molecular formula is C20H18B2F2N2O8. The standard InChI is InChI=1S/C20H18B2F2N2O8/c23-16-5-14-10(8-33-21(14)31)3-12(16)19(29)25-1-2-26(7-18(27)28)20(30)13-4-11-9-34-22(32)15(11)6-17(13)24/h3-6,31-32H,1-2,7-9H2,(H,25,29)(H,27,28). The highest BCUT2D eigenvalue weighted by molar-refractivity contribution is 6.62. The van der Waals surface area contributed by atoms with E-state index in [2.05, 4.69) is 5.32 Å². The molecule has 0 bridgehead atoms. The third-order valence-corrected chi connectivity index (χ3v) is 5.54. The van der Waals surface area contributed by atoms with Gasteiger partial charge in [-0.05, 0) is 46.3 Å². The minimum Gasteiger partial charge on any atom is -0.480 e. The zero-order valence-corrected chi connectivity index (χ0v) is 17.6.